The number of aromatic nitrogens is 2. The summed E-state index contributed by atoms with van der Waals surface area (Å²) in [7, 11) is 1.49. The maximum Gasteiger partial charge on any atom is 0.258 e. The predicted octanol–water partition coefficient (Wildman–Crippen LogP) is 2.39. The fraction of sp³-hybridized carbons (Fsp3) is 0.267. The van der Waals surface area contributed by atoms with E-state index in [4.69, 9.17) is 16.3 Å². The predicted molar refractivity (Wildman–Crippen MR) is 82.6 cm³/mol. The lowest BCUT2D eigenvalue weighted by Gasteiger charge is -2.10. The van der Waals surface area contributed by atoms with Gasteiger partial charge in [-0.05, 0) is 24.0 Å². The summed E-state index contributed by atoms with van der Waals surface area (Å²) >= 11 is 6.16. The van der Waals surface area contributed by atoms with Crippen molar-refractivity contribution < 1.29 is 9.53 Å². The minimum absolute atomic E-state index is 0.0879. The lowest BCUT2D eigenvalue weighted by molar-refractivity contribution is -0.121. The second-order valence-electron chi connectivity index (χ2n) is 5.00. The van der Waals surface area contributed by atoms with Crippen molar-refractivity contribution in [3.63, 3.8) is 0 Å². The van der Waals surface area contributed by atoms with Gasteiger partial charge in [-0.1, -0.05) is 29.8 Å². The fourth-order valence-corrected chi connectivity index (χ4v) is 2.65. The standard InChI is InChI=1S/C15H15ClN4O2/c1-22-15-13(17-6-7-18-15)19-20-14(21)11-8-10(11)9-4-2-3-5-12(9)16/h2-7,10-11H,8H2,1H3,(H,17,19)(H,20,21)/t10-,11+/m1/s1. The van der Waals surface area contributed by atoms with E-state index in [-0.39, 0.29) is 17.7 Å². The Morgan fingerprint density at radius 3 is 2.86 bits per heavy atom. The Morgan fingerprint density at radius 2 is 2.09 bits per heavy atom. The Kier molecular flexibility index (Phi) is 4.11. The average Bonchev–Trinajstić information content (AvgIpc) is 3.34. The average molecular weight is 319 g/mol. The normalized spacial score (nSPS) is 19.4. The van der Waals surface area contributed by atoms with E-state index in [1.807, 2.05) is 24.3 Å². The number of anilines is 1. The Morgan fingerprint density at radius 1 is 1.32 bits per heavy atom. The first-order valence-electron chi connectivity index (χ1n) is 6.86. The summed E-state index contributed by atoms with van der Waals surface area (Å²) in [5.74, 6) is 0.668. The van der Waals surface area contributed by atoms with Crippen molar-refractivity contribution in [2.24, 2.45) is 5.92 Å². The molecule has 0 saturated heterocycles. The van der Waals surface area contributed by atoms with Crippen LogP contribution in [-0.2, 0) is 4.79 Å². The van der Waals surface area contributed by atoms with E-state index in [9.17, 15) is 4.79 Å². The summed E-state index contributed by atoms with van der Waals surface area (Å²) in [5.41, 5.74) is 6.40. The van der Waals surface area contributed by atoms with Gasteiger partial charge in [0.1, 0.15) is 0 Å². The molecule has 0 bridgehead atoms. The number of carbonyl (C=O) groups is 1. The summed E-state index contributed by atoms with van der Waals surface area (Å²) in [6.45, 7) is 0. The quantitative estimate of drug-likeness (QED) is 0.828. The van der Waals surface area contributed by atoms with Crippen LogP contribution in [0.15, 0.2) is 36.7 Å². The molecule has 22 heavy (non-hydrogen) atoms. The number of nitrogens with zero attached hydrogens (tertiary/aromatic N) is 2. The van der Waals surface area contributed by atoms with E-state index in [1.165, 1.54) is 19.5 Å². The summed E-state index contributed by atoms with van der Waals surface area (Å²) in [5, 5.41) is 0.700. The zero-order valence-corrected chi connectivity index (χ0v) is 12.7. The molecule has 2 N–H and O–H groups in total. The molecule has 0 spiro atoms. The third-order valence-corrected chi connectivity index (χ3v) is 3.94. The second-order valence-corrected chi connectivity index (χ2v) is 5.41. The van der Waals surface area contributed by atoms with Crippen molar-refractivity contribution in [3.8, 4) is 5.88 Å². The van der Waals surface area contributed by atoms with Gasteiger partial charge in [0.15, 0.2) is 0 Å². The Labute approximate surface area is 132 Å². The van der Waals surface area contributed by atoms with Crippen LogP contribution >= 0.6 is 11.6 Å². The smallest absolute Gasteiger partial charge is 0.258 e. The number of rotatable bonds is 5. The number of hydrogen-bond acceptors (Lipinski definition) is 5. The Balaban J connectivity index is 1.59. The first kappa shape index (κ1) is 14.6. The first-order chi connectivity index (χ1) is 10.7. The number of hydrogen-bond donors (Lipinski definition) is 2. The van der Waals surface area contributed by atoms with Gasteiger partial charge >= 0.3 is 0 Å². The molecule has 2 aromatic rings. The molecule has 0 unspecified atom stereocenters. The molecule has 1 amide bonds. The highest BCUT2D eigenvalue weighted by atomic mass is 35.5. The molecule has 1 saturated carbocycles. The third kappa shape index (κ3) is 2.96. The summed E-state index contributed by atoms with van der Waals surface area (Å²) in [6, 6.07) is 7.61. The number of ether oxygens (including phenoxy) is 1. The maximum absolute atomic E-state index is 12.2. The van der Waals surface area contributed by atoms with Gasteiger partial charge in [0, 0.05) is 23.3 Å². The van der Waals surface area contributed by atoms with Crippen LogP contribution in [0.4, 0.5) is 5.82 Å². The summed E-state index contributed by atoms with van der Waals surface area (Å²) in [4.78, 5) is 20.2. The van der Waals surface area contributed by atoms with Crippen LogP contribution in [0.1, 0.15) is 17.9 Å². The van der Waals surface area contributed by atoms with Crippen LogP contribution in [0.5, 0.6) is 5.88 Å². The molecule has 1 aliphatic rings. The van der Waals surface area contributed by atoms with E-state index < -0.39 is 0 Å². The molecule has 1 aromatic heterocycles. The van der Waals surface area contributed by atoms with Gasteiger partial charge in [0.2, 0.25) is 11.7 Å². The van der Waals surface area contributed by atoms with E-state index >= 15 is 0 Å². The fourth-order valence-electron chi connectivity index (χ4n) is 2.38. The Bertz CT molecular complexity index is 695. The van der Waals surface area contributed by atoms with Crippen LogP contribution in [0.3, 0.4) is 0 Å². The van der Waals surface area contributed by atoms with Crippen molar-refractivity contribution in [1.29, 1.82) is 0 Å². The maximum atomic E-state index is 12.2. The molecular weight excluding hydrogens is 304 g/mol. The minimum Gasteiger partial charge on any atom is -0.478 e. The molecule has 1 aromatic carbocycles. The topological polar surface area (TPSA) is 76.1 Å². The number of amides is 1. The first-order valence-corrected chi connectivity index (χ1v) is 7.23. The van der Waals surface area contributed by atoms with E-state index in [0.717, 1.165) is 12.0 Å². The molecule has 3 rings (SSSR count). The monoisotopic (exact) mass is 318 g/mol. The van der Waals surface area contributed by atoms with E-state index in [0.29, 0.717) is 16.7 Å². The number of carbonyl (C=O) groups excluding carboxylic acids is 1. The van der Waals surface area contributed by atoms with Crippen molar-refractivity contribution in [1.82, 2.24) is 15.4 Å². The van der Waals surface area contributed by atoms with Gasteiger partial charge in [-0.15, -0.1) is 0 Å². The van der Waals surface area contributed by atoms with Crippen molar-refractivity contribution in [2.75, 3.05) is 12.5 Å². The van der Waals surface area contributed by atoms with Crippen molar-refractivity contribution in [2.45, 2.75) is 12.3 Å². The van der Waals surface area contributed by atoms with Crippen LogP contribution < -0.4 is 15.6 Å². The second kappa shape index (κ2) is 6.19. The lowest BCUT2D eigenvalue weighted by atomic mass is 10.1. The van der Waals surface area contributed by atoms with Gasteiger partial charge in [0.25, 0.3) is 5.88 Å². The highest BCUT2D eigenvalue weighted by molar-refractivity contribution is 6.31. The van der Waals surface area contributed by atoms with Gasteiger partial charge in [-0.3, -0.25) is 15.6 Å². The molecule has 2 atom stereocenters. The minimum atomic E-state index is -0.0994. The SMILES string of the molecule is COc1nccnc1NNC(=O)[C@H]1C[C@@H]1c1ccccc1Cl. The van der Waals surface area contributed by atoms with E-state index in [2.05, 4.69) is 20.8 Å². The molecule has 1 heterocycles. The zero-order chi connectivity index (χ0) is 15.5. The number of benzene rings is 1. The summed E-state index contributed by atoms with van der Waals surface area (Å²) in [6.07, 6.45) is 3.82. The van der Waals surface area contributed by atoms with Gasteiger partial charge < -0.3 is 4.74 Å². The molecule has 0 radical (unpaired) electrons. The van der Waals surface area contributed by atoms with Gasteiger partial charge in [0.05, 0.1) is 7.11 Å². The third-order valence-electron chi connectivity index (χ3n) is 3.59. The molecular formula is C15H15ClN4O2. The van der Waals surface area contributed by atoms with Gasteiger partial charge in [-0.2, -0.15) is 0 Å². The van der Waals surface area contributed by atoms with Crippen LogP contribution in [-0.4, -0.2) is 23.0 Å². The number of hydrazine groups is 1. The molecule has 1 fully saturated rings. The van der Waals surface area contributed by atoms with Crippen LogP contribution in [0.25, 0.3) is 0 Å². The van der Waals surface area contributed by atoms with Gasteiger partial charge in [-0.25, -0.2) is 9.97 Å². The zero-order valence-electron chi connectivity index (χ0n) is 11.9. The molecule has 6 nitrogen and oxygen atoms in total. The lowest BCUT2D eigenvalue weighted by Crippen LogP contribution is -2.31. The number of methoxy groups -OCH3 is 1. The highest BCUT2D eigenvalue weighted by Crippen LogP contribution is 2.49. The largest absolute Gasteiger partial charge is 0.478 e. The van der Waals surface area contributed by atoms with Crippen LogP contribution in [0, 0.1) is 5.92 Å². The molecule has 0 aliphatic heterocycles. The number of halogens is 1. The molecule has 7 heteroatoms. The van der Waals surface area contributed by atoms with Crippen LogP contribution in [0.2, 0.25) is 5.02 Å². The molecule has 1 aliphatic carbocycles. The van der Waals surface area contributed by atoms with Crippen molar-refractivity contribution >= 4 is 23.3 Å². The summed E-state index contributed by atoms with van der Waals surface area (Å²) < 4.78 is 5.06. The van der Waals surface area contributed by atoms with Crippen molar-refractivity contribution in [3.05, 3.63) is 47.2 Å². The number of nitrogens with one attached hydrogen (secondary N) is 2. The molecule has 114 valence electrons. The van der Waals surface area contributed by atoms with E-state index in [1.54, 1.807) is 0 Å². The highest BCUT2D eigenvalue weighted by Gasteiger charge is 2.44. The Hall–Kier alpha value is -2.34.